The van der Waals surface area contributed by atoms with Crippen LogP contribution >= 0.6 is 11.8 Å². The normalized spacial score (nSPS) is 16.2. The maximum Gasteiger partial charge on any atom is 0.318 e. The molecular formula is C18H25N5O2S. The van der Waals surface area contributed by atoms with Crippen LogP contribution in [0.5, 0.6) is 0 Å². The van der Waals surface area contributed by atoms with Gasteiger partial charge in [0.1, 0.15) is 12.4 Å². The third-order valence-corrected chi connectivity index (χ3v) is 5.28. The van der Waals surface area contributed by atoms with Crippen LogP contribution in [0.1, 0.15) is 25.2 Å². The lowest BCUT2D eigenvalue weighted by molar-refractivity contribution is -0.134. The molecule has 0 bridgehead atoms. The van der Waals surface area contributed by atoms with Crippen molar-refractivity contribution < 1.29 is 9.59 Å². The second-order valence-corrected chi connectivity index (χ2v) is 7.30. The zero-order valence-electron chi connectivity index (χ0n) is 15.2. The molecule has 8 heteroatoms. The SMILES string of the molecule is CCN1CCN(C(=O)NC(CCSC)c2nc3ccccc3[nH]2)CC1=O. The fourth-order valence-corrected chi connectivity index (χ4v) is 3.58. The largest absolute Gasteiger partial charge is 0.340 e. The number of aromatic amines is 1. The maximum absolute atomic E-state index is 12.7. The zero-order valence-corrected chi connectivity index (χ0v) is 16.0. The fourth-order valence-electron chi connectivity index (χ4n) is 3.11. The van der Waals surface area contributed by atoms with Crippen molar-refractivity contribution >= 4 is 34.7 Å². The van der Waals surface area contributed by atoms with Crippen LogP contribution in [0.3, 0.4) is 0 Å². The highest BCUT2D eigenvalue weighted by molar-refractivity contribution is 7.98. The van der Waals surface area contributed by atoms with Crippen molar-refractivity contribution in [3.63, 3.8) is 0 Å². The van der Waals surface area contributed by atoms with Crippen LogP contribution < -0.4 is 5.32 Å². The summed E-state index contributed by atoms with van der Waals surface area (Å²) in [4.78, 5) is 36.1. The highest BCUT2D eigenvalue weighted by Gasteiger charge is 2.28. The molecule has 0 saturated carbocycles. The average molecular weight is 375 g/mol. The highest BCUT2D eigenvalue weighted by atomic mass is 32.2. The Bertz CT molecular complexity index is 745. The van der Waals surface area contributed by atoms with E-state index >= 15 is 0 Å². The van der Waals surface area contributed by atoms with Gasteiger partial charge in [-0.1, -0.05) is 12.1 Å². The Balaban J connectivity index is 1.71. The van der Waals surface area contributed by atoms with Crippen LogP contribution in [0.4, 0.5) is 4.79 Å². The number of para-hydroxylation sites is 2. The van der Waals surface area contributed by atoms with Crippen LogP contribution in [-0.2, 0) is 4.79 Å². The summed E-state index contributed by atoms with van der Waals surface area (Å²) in [6.45, 7) is 3.91. The number of aromatic nitrogens is 2. The zero-order chi connectivity index (χ0) is 18.5. The van der Waals surface area contributed by atoms with Gasteiger partial charge in [-0.05, 0) is 37.5 Å². The molecule has 1 aliphatic rings. The van der Waals surface area contributed by atoms with E-state index in [9.17, 15) is 9.59 Å². The Morgan fingerprint density at radius 2 is 2.19 bits per heavy atom. The van der Waals surface area contributed by atoms with E-state index < -0.39 is 0 Å². The van der Waals surface area contributed by atoms with Gasteiger partial charge in [0.25, 0.3) is 0 Å². The van der Waals surface area contributed by atoms with E-state index in [1.807, 2.05) is 37.4 Å². The standard InChI is InChI=1S/C18H25N5O2S/c1-3-22-9-10-23(12-16(22)24)18(25)21-15(8-11-26-2)17-19-13-6-4-5-7-14(13)20-17/h4-7,15H,3,8-12H2,1-2H3,(H,19,20)(H,21,25). The Kier molecular flexibility index (Phi) is 6.03. The van der Waals surface area contributed by atoms with Gasteiger partial charge in [0.15, 0.2) is 0 Å². The number of H-pyrrole nitrogens is 1. The van der Waals surface area contributed by atoms with Gasteiger partial charge in [-0.25, -0.2) is 9.78 Å². The number of imidazole rings is 1. The summed E-state index contributed by atoms with van der Waals surface area (Å²) in [5, 5.41) is 3.06. The second kappa shape index (κ2) is 8.44. The molecule has 1 saturated heterocycles. The van der Waals surface area contributed by atoms with E-state index in [4.69, 9.17) is 0 Å². The number of hydrogen-bond acceptors (Lipinski definition) is 4. The lowest BCUT2D eigenvalue weighted by Crippen LogP contribution is -2.54. The third-order valence-electron chi connectivity index (χ3n) is 4.63. The summed E-state index contributed by atoms with van der Waals surface area (Å²) in [5.41, 5.74) is 1.84. The van der Waals surface area contributed by atoms with Crippen LogP contribution in [0.25, 0.3) is 11.0 Å². The molecule has 2 heterocycles. The van der Waals surface area contributed by atoms with Crippen molar-refractivity contribution in [2.75, 3.05) is 38.2 Å². The van der Waals surface area contributed by atoms with Crippen molar-refractivity contribution in [3.05, 3.63) is 30.1 Å². The summed E-state index contributed by atoms with van der Waals surface area (Å²) >= 11 is 1.73. The summed E-state index contributed by atoms with van der Waals surface area (Å²) in [7, 11) is 0. The van der Waals surface area contributed by atoms with E-state index in [0.29, 0.717) is 19.6 Å². The van der Waals surface area contributed by atoms with Gasteiger partial charge >= 0.3 is 6.03 Å². The smallest absolute Gasteiger partial charge is 0.318 e. The van der Waals surface area contributed by atoms with E-state index in [2.05, 4.69) is 15.3 Å². The Morgan fingerprint density at radius 3 is 2.88 bits per heavy atom. The first-order valence-corrected chi connectivity index (χ1v) is 10.3. The number of carbonyl (C=O) groups excluding carboxylic acids is 2. The number of hydrogen-bond donors (Lipinski definition) is 2. The number of thioether (sulfide) groups is 1. The summed E-state index contributed by atoms with van der Waals surface area (Å²) in [6, 6.07) is 7.41. The van der Waals surface area contributed by atoms with Gasteiger partial charge in [-0.2, -0.15) is 11.8 Å². The molecule has 1 atom stereocenters. The number of amides is 3. The van der Waals surface area contributed by atoms with Crippen molar-refractivity contribution in [1.29, 1.82) is 0 Å². The second-order valence-electron chi connectivity index (χ2n) is 6.32. The number of likely N-dealkylation sites (N-methyl/N-ethyl adjacent to an activating group) is 1. The first kappa shape index (κ1) is 18.6. The summed E-state index contributed by atoms with van der Waals surface area (Å²) in [6.07, 6.45) is 2.82. The van der Waals surface area contributed by atoms with Crippen LogP contribution in [0.2, 0.25) is 0 Å². The number of urea groups is 1. The molecule has 0 spiro atoms. The molecular weight excluding hydrogens is 350 g/mol. The number of carbonyl (C=O) groups is 2. The van der Waals surface area contributed by atoms with E-state index in [-0.39, 0.29) is 24.5 Å². The molecule has 1 unspecified atom stereocenters. The predicted molar refractivity (Wildman–Crippen MR) is 104 cm³/mol. The maximum atomic E-state index is 12.7. The average Bonchev–Trinajstić information content (AvgIpc) is 3.08. The Labute approximate surface area is 157 Å². The van der Waals surface area contributed by atoms with Gasteiger partial charge in [-0.3, -0.25) is 4.79 Å². The monoisotopic (exact) mass is 375 g/mol. The molecule has 3 amide bonds. The Morgan fingerprint density at radius 1 is 1.38 bits per heavy atom. The van der Waals surface area contributed by atoms with Crippen LogP contribution in [0.15, 0.2) is 24.3 Å². The molecule has 2 aromatic rings. The molecule has 1 aromatic heterocycles. The predicted octanol–water partition coefficient (Wildman–Crippen LogP) is 2.23. The molecule has 1 aromatic carbocycles. The quantitative estimate of drug-likeness (QED) is 0.811. The minimum absolute atomic E-state index is 0.00157. The highest BCUT2D eigenvalue weighted by Crippen LogP contribution is 2.20. The van der Waals surface area contributed by atoms with E-state index in [1.54, 1.807) is 21.6 Å². The van der Waals surface area contributed by atoms with Gasteiger partial charge < -0.3 is 20.1 Å². The summed E-state index contributed by atoms with van der Waals surface area (Å²) in [5.74, 6) is 1.66. The topological polar surface area (TPSA) is 81.3 Å². The number of fused-ring (bicyclic) bond motifs is 1. The number of rotatable bonds is 6. The van der Waals surface area contributed by atoms with Crippen molar-refractivity contribution in [2.24, 2.45) is 0 Å². The minimum Gasteiger partial charge on any atom is -0.340 e. The minimum atomic E-state index is -0.208. The Hall–Kier alpha value is -2.22. The first-order valence-electron chi connectivity index (χ1n) is 8.89. The lowest BCUT2D eigenvalue weighted by atomic mass is 10.2. The molecule has 26 heavy (non-hydrogen) atoms. The molecule has 0 aliphatic carbocycles. The molecule has 2 N–H and O–H groups in total. The van der Waals surface area contributed by atoms with Crippen molar-refractivity contribution in [1.82, 2.24) is 25.1 Å². The molecule has 0 radical (unpaired) electrons. The number of piperazine rings is 1. The van der Waals surface area contributed by atoms with Gasteiger partial charge in [0.05, 0.1) is 17.1 Å². The van der Waals surface area contributed by atoms with E-state index in [0.717, 1.165) is 29.0 Å². The van der Waals surface area contributed by atoms with Crippen molar-refractivity contribution in [2.45, 2.75) is 19.4 Å². The van der Waals surface area contributed by atoms with Gasteiger partial charge in [0, 0.05) is 19.6 Å². The third kappa shape index (κ3) is 4.12. The van der Waals surface area contributed by atoms with Crippen LogP contribution in [-0.4, -0.2) is 69.9 Å². The van der Waals surface area contributed by atoms with Gasteiger partial charge in [0.2, 0.25) is 5.91 Å². The summed E-state index contributed by atoms with van der Waals surface area (Å²) < 4.78 is 0. The number of nitrogens with one attached hydrogen (secondary N) is 2. The molecule has 3 rings (SSSR count). The van der Waals surface area contributed by atoms with Gasteiger partial charge in [-0.15, -0.1) is 0 Å². The molecule has 1 fully saturated rings. The molecule has 7 nitrogen and oxygen atoms in total. The van der Waals surface area contributed by atoms with Crippen molar-refractivity contribution in [3.8, 4) is 0 Å². The van der Waals surface area contributed by atoms with Crippen LogP contribution in [0, 0.1) is 0 Å². The fraction of sp³-hybridized carbons (Fsp3) is 0.500. The first-order chi connectivity index (χ1) is 12.6. The number of nitrogens with zero attached hydrogens (tertiary/aromatic N) is 3. The number of benzene rings is 1. The lowest BCUT2D eigenvalue weighted by Gasteiger charge is -2.34. The molecule has 140 valence electrons. The van der Waals surface area contributed by atoms with E-state index in [1.165, 1.54) is 0 Å². The molecule has 1 aliphatic heterocycles.